The normalized spacial score (nSPS) is 18.8. The van der Waals surface area contributed by atoms with E-state index in [2.05, 4.69) is 88.4 Å². The van der Waals surface area contributed by atoms with Gasteiger partial charge in [0, 0.05) is 43.9 Å². The molecule has 2 aromatic rings. The zero-order valence-electron chi connectivity index (χ0n) is 13.7. The molecule has 0 spiro atoms. The van der Waals surface area contributed by atoms with Gasteiger partial charge in [-0.05, 0) is 29.3 Å². The van der Waals surface area contributed by atoms with Crippen LogP contribution in [0.2, 0.25) is 0 Å². The van der Waals surface area contributed by atoms with E-state index < -0.39 is 0 Å². The van der Waals surface area contributed by atoms with Gasteiger partial charge in [0.2, 0.25) is 0 Å². The van der Waals surface area contributed by atoms with Gasteiger partial charge in [-0.1, -0.05) is 46.3 Å². The Morgan fingerprint density at radius 1 is 1.17 bits per heavy atom. The first-order valence-corrected chi connectivity index (χ1v) is 8.77. The quantitative estimate of drug-likeness (QED) is 0.801. The third-order valence-corrected chi connectivity index (χ3v) is 4.73. The van der Waals surface area contributed by atoms with Gasteiger partial charge in [-0.2, -0.15) is 0 Å². The van der Waals surface area contributed by atoms with Gasteiger partial charge < -0.3 is 9.64 Å². The Balaban J connectivity index is 1.72. The van der Waals surface area contributed by atoms with E-state index in [-0.39, 0.29) is 6.10 Å². The van der Waals surface area contributed by atoms with Crippen LogP contribution in [0.15, 0.2) is 53.0 Å². The molecular formula is C19H23BrN2O. The number of rotatable bonds is 4. The van der Waals surface area contributed by atoms with Crippen LogP contribution in [0, 0.1) is 0 Å². The number of nitrogens with zero attached hydrogens (tertiary/aromatic N) is 2. The van der Waals surface area contributed by atoms with Gasteiger partial charge in [-0.15, -0.1) is 0 Å². The van der Waals surface area contributed by atoms with Crippen LogP contribution in [0.5, 0.6) is 0 Å². The van der Waals surface area contributed by atoms with E-state index in [0.29, 0.717) is 0 Å². The molecule has 0 saturated carbocycles. The second kappa shape index (κ2) is 7.47. The molecule has 3 rings (SSSR count). The highest BCUT2D eigenvalue weighted by Crippen LogP contribution is 2.27. The highest BCUT2D eigenvalue weighted by Gasteiger charge is 2.22. The molecule has 1 heterocycles. The molecule has 23 heavy (non-hydrogen) atoms. The molecule has 0 aromatic heterocycles. The minimum Gasteiger partial charge on any atom is -0.377 e. The Hall–Kier alpha value is -1.36. The van der Waals surface area contributed by atoms with Crippen molar-refractivity contribution in [1.82, 2.24) is 4.90 Å². The van der Waals surface area contributed by atoms with Crippen LogP contribution in [0.4, 0.5) is 5.69 Å². The molecule has 3 nitrogen and oxygen atoms in total. The smallest absolute Gasteiger partial charge is 0.0952 e. The highest BCUT2D eigenvalue weighted by atomic mass is 79.9. The summed E-state index contributed by atoms with van der Waals surface area (Å²) in [6.45, 7) is 3.65. The van der Waals surface area contributed by atoms with E-state index >= 15 is 0 Å². The van der Waals surface area contributed by atoms with Crippen LogP contribution in [-0.2, 0) is 11.3 Å². The first-order chi connectivity index (χ1) is 11.1. The summed E-state index contributed by atoms with van der Waals surface area (Å²) in [7, 11) is 4.20. The van der Waals surface area contributed by atoms with Crippen molar-refractivity contribution in [3.63, 3.8) is 0 Å². The average molecular weight is 375 g/mol. The van der Waals surface area contributed by atoms with Crippen LogP contribution >= 0.6 is 15.9 Å². The molecule has 4 heteroatoms. The van der Waals surface area contributed by atoms with Gasteiger partial charge in [-0.3, -0.25) is 4.90 Å². The first-order valence-electron chi connectivity index (χ1n) is 7.98. The summed E-state index contributed by atoms with van der Waals surface area (Å²) in [5.41, 5.74) is 3.90. The SMILES string of the molecule is CN(C)c1ccccc1CN1CCOC(c2cccc(Br)c2)C1. The van der Waals surface area contributed by atoms with Crippen LogP contribution in [0.1, 0.15) is 17.2 Å². The molecule has 1 atom stereocenters. The van der Waals surface area contributed by atoms with Crippen LogP contribution in [0.25, 0.3) is 0 Å². The molecule has 0 radical (unpaired) electrons. The molecule has 0 bridgehead atoms. The van der Waals surface area contributed by atoms with Crippen molar-refractivity contribution in [2.24, 2.45) is 0 Å². The average Bonchev–Trinajstić information content (AvgIpc) is 2.55. The van der Waals surface area contributed by atoms with Crippen molar-refractivity contribution in [2.75, 3.05) is 38.7 Å². The maximum absolute atomic E-state index is 5.99. The number of hydrogen-bond donors (Lipinski definition) is 0. The maximum Gasteiger partial charge on any atom is 0.0952 e. The molecule has 0 N–H and O–H groups in total. The molecule has 0 aliphatic carbocycles. The number of hydrogen-bond acceptors (Lipinski definition) is 3. The second-order valence-electron chi connectivity index (χ2n) is 6.17. The Bertz CT molecular complexity index is 659. The Labute approximate surface area is 147 Å². The molecule has 1 fully saturated rings. The van der Waals surface area contributed by atoms with Crippen molar-refractivity contribution in [1.29, 1.82) is 0 Å². The number of morpholine rings is 1. The van der Waals surface area contributed by atoms with Crippen molar-refractivity contribution in [2.45, 2.75) is 12.6 Å². The molecule has 0 amide bonds. The Morgan fingerprint density at radius 3 is 2.78 bits per heavy atom. The number of anilines is 1. The lowest BCUT2D eigenvalue weighted by atomic mass is 10.1. The second-order valence-corrected chi connectivity index (χ2v) is 7.09. The van der Waals surface area contributed by atoms with Crippen LogP contribution < -0.4 is 4.90 Å². The molecule has 1 saturated heterocycles. The number of benzene rings is 2. The highest BCUT2D eigenvalue weighted by molar-refractivity contribution is 9.10. The van der Waals surface area contributed by atoms with Crippen molar-refractivity contribution in [3.8, 4) is 0 Å². The molecular weight excluding hydrogens is 352 g/mol. The zero-order chi connectivity index (χ0) is 16.2. The minimum absolute atomic E-state index is 0.146. The lowest BCUT2D eigenvalue weighted by Gasteiger charge is -2.34. The maximum atomic E-state index is 5.99. The summed E-state index contributed by atoms with van der Waals surface area (Å²) < 4.78 is 7.10. The van der Waals surface area contributed by atoms with Gasteiger partial charge in [0.05, 0.1) is 12.7 Å². The predicted molar refractivity (Wildman–Crippen MR) is 98.9 cm³/mol. The number of halogens is 1. The Kier molecular flexibility index (Phi) is 5.36. The van der Waals surface area contributed by atoms with Crippen molar-refractivity contribution >= 4 is 21.6 Å². The zero-order valence-corrected chi connectivity index (χ0v) is 15.3. The van der Waals surface area contributed by atoms with E-state index in [1.807, 2.05) is 0 Å². The minimum atomic E-state index is 0.146. The number of para-hydroxylation sites is 1. The van der Waals surface area contributed by atoms with Crippen molar-refractivity contribution < 1.29 is 4.74 Å². The molecule has 1 aliphatic heterocycles. The van der Waals surface area contributed by atoms with Gasteiger partial charge in [0.25, 0.3) is 0 Å². The molecule has 1 unspecified atom stereocenters. The molecule has 1 aliphatic rings. The summed E-state index contributed by atoms with van der Waals surface area (Å²) in [5.74, 6) is 0. The monoisotopic (exact) mass is 374 g/mol. The van der Waals surface area contributed by atoms with E-state index in [4.69, 9.17) is 4.74 Å². The van der Waals surface area contributed by atoms with Crippen LogP contribution in [0.3, 0.4) is 0 Å². The topological polar surface area (TPSA) is 15.7 Å². The van der Waals surface area contributed by atoms with E-state index in [0.717, 1.165) is 30.7 Å². The predicted octanol–water partition coefficient (Wildman–Crippen LogP) is 4.09. The van der Waals surface area contributed by atoms with Gasteiger partial charge in [0.1, 0.15) is 0 Å². The van der Waals surface area contributed by atoms with Gasteiger partial charge in [0.15, 0.2) is 0 Å². The van der Waals surface area contributed by atoms with E-state index in [1.54, 1.807) is 0 Å². The first kappa shape index (κ1) is 16.5. The largest absolute Gasteiger partial charge is 0.377 e. The fourth-order valence-electron chi connectivity index (χ4n) is 3.08. The summed E-state index contributed by atoms with van der Waals surface area (Å²) in [5, 5.41) is 0. The fourth-order valence-corrected chi connectivity index (χ4v) is 3.49. The third kappa shape index (κ3) is 4.14. The lowest BCUT2D eigenvalue weighted by molar-refractivity contribution is -0.0329. The summed E-state index contributed by atoms with van der Waals surface area (Å²) in [6.07, 6.45) is 0.146. The van der Waals surface area contributed by atoms with Crippen molar-refractivity contribution in [3.05, 3.63) is 64.1 Å². The van der Waals surface area contributed by atoms with E-state index in [1.165, 1.54) is 16.8 Å². The summed E-state index contributed by atoms with van der Waals surface area (Å²) in [4.78, 5) is 4.67. The lowest BCUT2D eigenvalue weighted by Crippen LogP contribution is -2.38. The molecule has 122 valence electrons. The Morgan fingerprint density at radius 2 is 2.00 bits per heavy atom. The van der Waals surface area contributed by atoms with Gasteiger partial charge >= 0.3 is 0 Å². The van der Waals surface area contributed by atoms with Gasteiger partial charge in [-0.25, -0.2) is 0 Å². The summed E-state index contributed by atoms with van der Waals surface area (Å²) >= 11 is 3.55. The fraction of sp³-hybridized carbons (Fsp3) is 0.368. The molecule has 2 aromatic carbocycles. The standard InChI is InChI=1S/C19H23BrN2O/c1-21(2)18-9-4-3-6-16(18)13-22-10-11-23-19(14-22)15-7-5-8-17(20)12-15/h3-9,12,19H,10-11,13-14H2,1-2H3. The number of ether oxygens (including phenoxy) is 1. The third-order valence-electron chi connectivity index (χ3n) is 4.24. The van der Waals surface area contributed by atoms with E-state index in [9.17, 15) is 0 Å². The summed E-state index contributed by atoms with van der Waals surface area (Å²) in [6, 6.07) is 17.0. The van der Waals surface area contributed by atoms with Crippen LogP contribution in [-0.4, -0.2) is 38.7 Å².